The quantitative estimate of drug-likeness (QED) is 0.383. The maximum atomic E-state index is 11.1. The molecule has 0 fully saturated rings. The minimum atomic E-state index is -0.592. The highest BCUT2D eigenvalue weighted by atomic mass is 35.5. The van der Waals surface area contributed by atoms with Crippen LogP contribution in [0, 0.1) is 0 Å². The Morgan fingerprint density at radius 3 is 2.81 bits per heavy atom. The average molecular weight is 441 g/mol. The van der Waals surface area contributed by atoms with Crippen LogP contribution in [-0.2, 0) is 6.54 Å². The minimum Gasteiger partial charge on any atom is -0.493 e. The molecule has 9 heteroatoms. The number of benzene rings is 2. The Bertz CT molecular complexity index is 1190. The van der Waals surface area contributed by atoms with Crippen LogP contribution in [0.3, 0.4) is 0 Å². The summed E-state index contributed by atoms with van der Waals surface area (Å²) < 4.78 is 13.3. The fourth-order valence-electron chi connectivity index (χ4n) is 3.14. The Morgan fingerprint density at radius 2 is 2.06 bits per heavy atom. The Balaban J connectivity index is 1.28. The molecule has 4 rings (SSSR count). The normalized spacial score (nSPS) is 12.2. The Labute approximate surface area is 183 Å². The van der Waals surface area contributed by atoms with Gasteiger partial charge < -0.3 is 24.6 Å². The van der Waals surface area contributed by atoms with E-state index >= 15 is 0 Å². The van der Waals surface area contributed by atoms with Crippen LogP contribution < -0.4 is 10.5 Å². The van der Waals surface area contributed by atoms with E-state index in [2.05, 4.69) is 9.97 Å². The number of carbonyl (C=O) groups is 1. The molecule has 8 nitrogen and oxygen atoms in total. The molecule has 160 valence electrons. The summed E-state index contributed by atoms with van der Waals surface area (Å²) in [5, 5.41) is 10.8. The predicted molar refractivity (Wildman–Crippen MR) is 116 cm³/mol. The van der Waals surface area contributed by atoms with Crippen molar-refractivity contribution in [3.05, 3.63) is 65.7 Å². The third-order valence-corrected chi connectivity index (χ3v) is 4.96. The number of nitrogens with zero attached hydrogens (tertiary/aromatic N) is 3. The highest BCUT2D eigenvalue weighted by molar-refractivity contribution is 6.30. The fraction of sp³-hybridized carbons (Fsp3) is 0.227. The van der Waals surface area contributed by atoms with Crippen LogP contribution in [0.1, 0.15) is 23.3 Å². The van der Waals surface area contributed by atoms with Crippen LogP contribution in [-0.4, -0.2) is 38.3 Å². The van der Waals surface area contributed by atoms with Gasteiger partial charge in [-0.2, -0.15) is 0 Å². The number of rotatable bonds is 9. The van der Waals surface area contributed by atoms with E-state index < -0.39 is 12.0 Å². The zero-order chi connectivity index (χ0) is 21.8. The molecule has 0 bridgehead atoms. The van der Waals surface area contributed by atoms with Gasteiger partial charge in [-0.05, 0) is 49.2 Å². The van der Waals surface area contributed by atoms with E-state index in [-0.39, 0.29) is 5.69 Å². The molecule has 4 aromatic rings. The molecule has 0 radical (unpaired) electrons. The molecule has 2 aromatic carbocycles. The van der Waals surface area contributed by atoms with Gasteiger partial charge in [0.05, 0.1) is 19.0 Å². The largest absolute Gasteiger partial charge is 0.493 e. The number of imidazole rings is 1. The first-order valence-corrected chi connectivity index (χ1v) is 10.1. The zero-order valence-corrected chi connectivity index (χ0v) is 17.3. The van der Waals surface area contributed by atoms with E-state index in [0.29, 0.717) is 48.2 Å². The molecule has 0 saturated carbocycles. The van der Waals surface area contributed by atoms with Crippen molar-refractivity contribution in [3.8, 4) is 17.2 Å². The van der Waals surface area contributed by atoms with Crippen LogP contribution in [0.5, 0.6) is 5.75 Å². The number of carbonyl (C=O) groups excluding carboxylic acids is 1. The fourth-order valence-corrected chi connectivity index (χ4v) is 3.27. The molecule has 3 N–H and O–H groups in total. The summed E-state index contributed by atoms with van der Waals surface area (Å²) in [6.07, 6.45) is 3.60. The van der Waals surface area contributed by atoms with Gasteiger partial charge in [0, 0.05) is 29.4 Å². The highest BCUT2D eigenvalue weighted by Crippen LogP contribution is 2.28. The lowest BCUT2D eigenvalue weighted by Gasteiger charge is -2.11. The van der Waals surface area contributed by atoms with Crippen molar-refractivity contribution in [2.45, 2.75) is 25.5 Å². The lowest BCUT2D eigenvalue weighted by atomic mass is 10.2. The smallest absolute Gasteiger partial charge is 0.268 e. The lowest BCUT2D eigenvalue weighted by Crippen LogP contribution is -2.16. The first-order valence-electron chi connectivity index (χ1n) is 9.77. The molecule has 0 spiro atoms. The molecule has 1 amide bonds. The summed E-state index contributed by atoms with van der Waals surface area (Å²) in [5.41, 5.74) is 7.57. The van der Waals surface area contributed by atoms with Gasteiger partial charge in [0.2, 0.25) is 5.89 Å². The third-order valence-electron chi connectivity index (χ3n) is 4.71. The summed E-state index contributed by atoms with van der Waals surface area (Å²) >= 11 is 5.93. The second-order valence-electron chi connectivity index (χ2n) is 7.12. The van der Waals surface area contributed by atoms with Gasteiger partial charge in [0.25, 0.3) is 5.91 Å². The number of hydrogen-bond donors (Lipinski definition) is 2. The predicted octanol–water partition coefficient (Wildman–Crippen LogP) is 3.66. The first kappa shape index (κ1) is 20.9. The topological polar surface area (TPSA) is 116 Å². The van der Waals surface area contributed by atoms with Gasteiger partial charge in [-0.25, -0.2) is 9.97 Å². The average Bonchev–Trinajstić information content (AvgIpc) is 3.38. The van der Waals surface area contributed by atoms with Crippen LogP contribution in [0.15, 0.2) is 59.4 Å². The van der Waals surface area contributed by atoms with Crippen molar-refractivity contribution in [3.63, 3.8) is 0 Å². The highest BCUT2D eigenvalue weighted by Gasteiger charge is 2.11. The molecule has 0 aliphatic carbocycles. The maximum Gasteiger partial charge on any atom is 0.268 e. The number of hydrogen-bond acceptors (Lipinski definition) is 6. The van der Waals surface area contributed by atoms with E-state index in [0.717, 1.165) is 11.1 Å². The summed E-state index contributed by atoms with van der Waals surface area (Å²) in [6, 6.07) is 12.8. The number of halogens is 1. The van der Waals surface area contributed by atoms with Crippen LogP contribution in [0.2, 0.25) is 5.02 Å². The standard InChI is InChI=1S/C22H21ClN4O4/c23-15-5-3-14(4-6-15)22-26-18-8-7-17(10-20(18)31-22)30-9-1-2-16(28)11-27-12-19(21(24)29)25-13-27/h3-8,10,12-13,16,28H,1-2,9,11H2,(H2,24,29)/t16-/m0/s1. The first-order chi connectivity index (χ1) is 15.0. The minimum absolute atomic E-state index is 0.178. The molecule has 31 heavy (non-hydrogen) atoms. The van der Waals surface area contributed by atoms with E-state index in [1.807, 2.05) is 24.3 Å². The van der Waals surface area contributed by atoms with Gasteiger partial charge in [-0.1, -0.05) is 11.6 Å². The Morgan fingerprint density at radius 1 is 1.26 bits per heavy atom. The molecular weight excluding hydrogens is 420 g/mol. The van der Waals surface area contributed by atoms with Crippen molar-refractivity contribution in [2.75, 3.05) is 6.61 Å². The second kappa shape index (κ2) is 9.20. The number of ether oxygens (including phenoxy) is 1. The molecule has 0 unspecified atom stereocenters. The number of oxazole rings is 1. The number of aliphatic hydroxyl groups excluding tert-OH is 1. The van der Waals surface area contributed by atoms with Gasteiger partial charge in [0.1, 0.15) is 17.0 Å². The van der Waals surface area contributed by atoms with Gasteiger partial charge >= 0.3 is 0 Å². The molecule has 0 aliphatic rings. The van der Waals surface area contributed by atoms with E-state index in [1.165, 1.54) is 12.5 Å². The summed E-state index contributed by atoms with van der Waals surface area (Å²) in [4.78, 5) is 19.4. The van der Waals surface area contributed by atoms with Crippen molar-refractivity contribution < 1.29 is 19.1 Å². The monoisotopic (exact) mass is 440 g/mol. The Kier molecular flexibility index (Phi) is 6.20. The van der Waals surface area contributed by atoms with Crippen molar-refractivity contribution >= 4 is 28.6 Å². The third kappa shape index (κ3) is 5.22. The summed E-state index contributed by atoms with van der Waals surface area (Å²) in [5.74, 6) is 0.595. The van der Waals surface area contributed by atoms with Crippen molar-refractivity contribution in [2.24, 2.45) is 5.73 Å². The lowest BCUT2D eigenvalue weighted by molar-refractivity contribution is 0.0995. The van der Waals surface area contributed by atoms with Crippen molar-refractivity contribution in [1.82, 2.24) is 14.5 Å². The number of primary amides is 1. The van der Waals surface area contributed by atoms with Crippen LogP contribution in [0.25, 0.3) is 22.6 Å². The van der Waals surface area contributed by atoms with Crippen molar-refractivity contribution in [1.29, 1.82) is 0 Å². The van der Waals surface area contributed by atoms with E-state index in [9.17, 15) is 9.90 Å². The molecule has 0 saturated heterocycles. The second-order valence-corrected chi connectivity index (χ2v) is 7.56. The SMILES string of the molecule is NC(=O)c1cn(C[C@@H](O)CCCOc2ccc3nc(-c4ccc(Cl)cc4)oc3c2)cn1. The summed E-state index contributed by atoms with van der Waals surface area (Å²) in [7, 11) is 0. The molecule has 2 aromatic heterocycles. The van der Waals surface area contributed by atoms with E-state index in [4.69, 9.17) is 26.5 Å². The summed E-state index contributed by atoms with van der Waals surface area (Å²) in [6.45, 7) is 0.773. The van der Waals surface area contributed by atoms with Gasteiger partial charge in [-0.3, -0.25) is 4.79 Å². The van der Waals surface area contributed by atoms with Gasteiger partial charge in [0.15, 0.2) is 5.58 Å². The zero-order valence-electron chi connectivity index (χ0n) is 16.6. The number of aliphatic hydroxyl groups is 1. The molecule has 2 heterocycles. The van der Waals surface area contributed by atoms with E-state index in [1.54, 1.807) is 22.8 Å². The number of aromatic nitrogens is 3. The number of amides is 1. The van der Waals surface area contributed by atoms with Crippen LogP contribution >= 0.6 is 11.6 Å². The number of fused-ring (bicyclic) bond motifs is 1. The number of nitrogens with two attached hydrogens (primary N) is 1. The maximum absolute atomic E-state index is 11.1. The Hall–Kier alpha value is -3.36. The molecule has 1 atom stereocenters. The van der Waals surface area contributed by atoms with Crippen LogP contribution in [0.4, 0.5) is 0 Å². The molecule has 0 aliphatic heterocycles. The van der Waals surface area contributed by atoms with Gasteiger partial charge in [-0.15, -0.1) is 0 Å². The molecular formula is C22H21ClN4O4.